The number of thioether (sulfide) groups is 1. The molecule has 0 unspecified atom stereocenters. The van der Waals surface area contributed by atoms with E-state index in [1.165, 1.54) is 0 Å². The molecule has 0 fully saturated rings. The van der Waals surface area contributed by atoms with E-state index in [0.29, 0.717) is 10.7 Å². The van der Waals surface area contributed by atoms with Gasteiger partial charge in [-0.3, -0.25) is 9.59 Å². The fourth-order valence-electron chi connectivity index (χ4n) is 1.42. The highest BCUT2D eigenvalue weighted by Crippen LogP contribution is 2.27. The molecule has 1 rings (SSSR count). The second-order valence-corrected chi connectivity index (χ2v) is 5.41. The average molecular weight is 303 g/mol. The first kappa shape index (κ1) is 15.7. The number of amides is 1. The molecular weight excluding hydrogens is 288 g/mol. The molecule has 0 radical (unpaired) electrons. The van der Waals surface area contributed by atoms with Gasteiger partial charge in [-0.25, -0.2) is 0 Å². The van der Waals surface area contributed by atoms with Gasteiger partial charge in [-0.1, -0.05) is 11.6 Å². The summed E-state index contributed by atoms with van der Waals surface area (Å²) >= 11 is 6.95. The van der Waals surface area contributed by atoms with Gasteiger partial charge in [-0.2, -0.15) is 0 Å². The molecule has 1 aromatic rings. The third kappa shape index (κ3) is 5.40. The van der Waals surface area contributed by atoms with E-state index in [-0.39, 0.29) is 17.4 Å². The van der Waals surface area contributed by atoms with Gasteiger partial charge in [0.05, 0.1) is 22.9 Å². The average Bonchev–Trinajstić information content (AvgIpc) is 2.27. The number of benzene rings is 1. The second-order valence-electron chi connectivity index (χ2n) is 3.99. The summed E-state index contributed by atoms with van der Waals surface area (Å²) < 4.78 is 0. The van der Waals surface area contributed by atoms with Crippen LogP contribution in [0.5, 0.6) is 0 Å². The maximum Gasteiger partial charge on any atom is 0.313 e. The lowest BCUT2D eigenvalue weighted by molar-refractivity contribution is -0.133. The van der Waals surface area contributed by atoms with Crippen LogP contribution in [0.15, 0.2) is 18.2 Å². The number of hydrogen-bond acceptors (Lipinski definition) is 4. The van der Waals surface area contributed by atoms with Crippen LogP contribution in [-0.2, 0) is 9.59 Å². The van der Waals surface area contributed by atoms with Gasteiger partial charge in [0.2, 0.25) is 5.91 Å². The van der Waals surface area contributed by atoms with Gasteiger partial charge in [0.25, 0.3) is 0 Å². The quantitative estimate of drug-likeness (QED) is 0.843. The van der Waals surface area contributed by atoms with Crippen molar-refractivity contribution < 1.29 is 14.7 Å². The molecule has 104 valence electrons. The molecular formula is C12H15ClN2O3S. The normalized spacial score (nSPS) is 10.1. The Morgan fingerprint density at radius 3 is 2.63 bits per heavy atom. The summed E-state index contributed by atoms with van der Waals surface area (Å²) in [6.45, 7) is 0. The number of carbonyl (C=O) groups excluding carboxylic acids is 1. The molecule has 1 aromatic carbocycles. The first-order chi connectivity index (χ1) is 8.90. The molecule has 0 bridgehead atoms. The Bertz CT molecular complexity index is 480. The summed E-state index contributed by atoms with van der Waals surface area (Å²) in [5.41, 5.74) is 1.44. The van der Waals surface area contributed by atoms with Crippen LogP contribution in [0.4, 0.5) is 11.4 Å². The predicted molar refractivity (Wildman–Crippen MR) is 79.4 cm³/mol. The van der Waals surface area contributed by atoms with Gasteiger partial charge >= 0.3 is 5.97 Å². The minimum Gasteiger partial charge on any atom is -0.481 e. The number of hydrogen-bond donors (Lipinski definition) is 2. The molecule has 1 amide bonds. The molecule has 2 N–H and O–H groups in total. The summed E-state index contributed by atoms with van der Waals surface area (Å²) in [6.07, 6.45) is 0. The number of nitrogens with zero attached hydrogens (tertiary/aromatic N) is 1. The van der Waals surface area contributed by atoms with Crippen LogP contribution in [0.3, 0.4) is 0 Å². The van der Waals surface area contributed by atoms with Crippen molar-refractivity contribution in [2.24, 2.45) is 0 Å². The van der Waals surface area contributed by atoms with Gasteiger partial charge in [0.1, 0.15) is 0 Å². The molecule has 0 atom stereocenters. The Labute approximate surface area is 120 Å². The van der Waals surface area contributed by atoms with Gasteiger partial charge < -0.3 is 15.3 Å². The third-order valence-corrected chi connectivity index (χ3v) is 3.33. The summed E-state index contributed by atoms with van der Waals surface area (Å²) in [5, 5.41) is 11.7. The lowest BCUT2D eigenvalue weighted by atomic mass is 10.2. The third-order valence-electron chi connectivity index (χ3n) is 2.17. The van der Waals surface area contributed by atoms with Gasteiger partial charge in [-0.15, -0.1) is 11.8 Å². The molecule has 0 aliphatic carbocycles. The Kier molecular flexibility index (Phi) is 5.98. The first-order valence-corrected chi connectivity index (χ1v) is 6.99. The number of rotatable bonds is 6. The van der Waals surface area contributed by atoms with Crippen LogP contribution in [-0.4, -0.2) is 42.6 Å². The molecule has 0 aliphatic rings. The summed E-state index contributed by atoms with van der Waals surface area (Å²) in [7, 11) is 3.72. The highest BCUT2D eigenvalue weighted by Gasteiger charge is 2.10. The topological polar surface area (TPSA) is 69.6 Å². The molecule has 0 saturated heterocycles. The van der Waals surface area contributed by atoms with Crippen molar-refractivity contribution in [3.8, 4) is 0 Å². The standard InChI is InChI=1S/C12H15ClN2O3S/c1-15(2)10-4-3-8(13)5-9(10)14-11(16)6-19-7-12(17)18/h3-5H,6-7H2,1-2H3,(H,14,16)(H,17,18). The second kappa shape index (κ2) is 7.25. The number of carbonyl (C=O) groups is 2. The molecule has 7 heteroatoms. The number of carboxylic acid groups (broad SMARTS) is 1. The first-order valence-electron chi connectivity index (χ1n) is 5.46. The molecule has 0 aliphatic heterocycles. The molecule has 0 aromatic heterocycles. The SMILES string of the molecule is CN(C)c1ccc(Cl)cc1NC(=O)CSCC(=O)O. The fourth-order valence-corrected chi connectivity index (χ4v) is 2.12. The smallest absolute Gasteiger partial charge is 0.313 e. The van der Waals surface area contributed by atoms with Crippen molar-refractivity contribution >= 4 is 46.6 Å². The van der Waals surface area contributed by atoms with Crippen LogP contribution >= 0.6 is 23.4 Å². The van der Waals surface area contributed by atoms with E-state index in [0.717, 1.165) is 17.4 Å². The van der Waals surface area contributed by atoms with E-state index in [1.54, 1.807) is 12.1 Å². The van der Waals surface area contributed by atoms with E-state index in [2.05, 4.69) is 5.32 Å². The van der Waals surface area contributed by atoms with Crippen LogP contribution in [0.25, 0.3) is 0 Å². The van der Waals surface area contributed by atoms with Crippen molar-refractivity contribution in [3.05, 3.63) is 23.2 Å². The Balaban J connectivity index is 2.67. The molecule has 0 saturated carbocycles. The number of anilines is 2. The maximum atomic E-state index is 11.7. The lowest BCUT2D eigenvalue weighted by Gasteiger charge is -2.18. The number of aliphatic carboxylic acids is 1. The van der Waals surface area contributed by atoms with Crippen LogP contribution in [0.1, 0.15) is 0 Å². The molecule has 5 nitrogen and oxygen atoms in total. The van der Waals surface area contributed by atoms with Crippen molar-refractivity contribution in [1.29, 1.82) is 0 Å². The zero-order chi connectivity index (χ0) is 14.4. The van der Waals surface area contributed by atoms with Crippen molar-refractivity contribution in [1.82, 2.24) is 0 Å². The van der Waals surface area contributed by atoms with Crippen molar-refractivity contribution in [2.75, 3.05) is 35.8 Å². The molecule has 0 heterocycles. The van der Waals surface area contributed by atoms with E-state index in [1.807, 2.05) is 25.1 Å². The Morgan fingerprint density at radius 2 is 2.05 bits per heavy atom. The van der Waals surface area contributed by atoms with E-state index in [9.17, 15) is 9.59 Å². The Morgan fingerprint density at radius 1 is 1.37 bits per heavy atom. The monoisotopic (exact) mass is 302 g/mol. The maximum absolute atomic E-state index is 11.7. The zero-order valence-electron chi connectivity index (χ0n) is 10.6. The molecule has 0 spiro atoms. The predicted octanol–water partition coefficient (Wildman–Crippen LogP) is 2.16. The van der Waals surface area contributed by atoms with Crippen LogP contribution in [0, 0.1) is 0 Å². The lowest BCUT2D eigenvalue weighted by Crippen LogP contribution is -2.18. The number of carboxylic acids is 1. The molecule has 19 heavy (non-hydrogen) atoms. The minimum absolute atomic E-state index is 0.0890. The highest BCUT2D eigenvalue weighted by atomic mass is 35.5. The highest BCUT2D eigenvalue weighted by molar-refractivity contribution is 8.00. The summed E-state index contributed by atoms with van der Waals surface area (Å²) in [6, 6.07) is 5.21. The van der Waals surface area contributed by atoms with Crippen molar-refractivity contribution in [2.45, 2.75) is 0 Å². The summed E-state index contributed by atoms with van der Waals surface area (Å²) in [4.78, 5) is 23.9. The van der Waals surface area contributed by atoms with E-state index < -0.39 is 5.97 Å². The van der Waals surface area contributed by atoms with Crippen LogP contribution in [0.2, 0.25) is 5.02 Å². The fraction of sp³-hybridized carbons (Fsp3) is 0.333. The van der Waals surface area contributed by atoms with Gasteiger partial charge in [-0.05, 0) is 18.2 Å². The summed E-state index contributed by atoms with van der Waals surface area (Å²) in [5.74, 6) is -1.19. The van der Waals surface area contributed by atoms with Crippen LogP contribution < -0.4 is 10.2 Å². The Hall–Kier alpha value is -1.40. The van der Waals surface area contributed by atoms with E-state index >= 15 is 0 Å². The largest absolute Gasteiger partial charge is 0.481 e. The zero-order valence-corrected chi connectivity index (χ0v) is 12.2. The van der Waals surface area contributed by atoms with Gasteiger partial charge in [0.15, 0.2) is 0 Å². The minimum atomic E-state index is -0.936. The van der Waals surface area contributed by atoms with Crippen molar-refractivity contribution in [3.63, 3.8) is 0 Å². The number of nitrogens with one attached hydrogen (secondary N) is 1. The number of halogens is 1. The van der Waals surface area contributed by atoms with Gasteiger partial charge in [0, 0.05) is 19.1 Å². The van der Waals surface area contributed by atoms with E-state index in [4.69, 9.17) is 16.7 Å².